The van der Waals surface area contributed by atoms with Crippen molar-refractivity contribution in [1.29, 1.82) is 0 Å². The number of thiophene rings is 1. The normalized spacial score (nSPS) is 10.6. The quantitative estimate of drug-likeness (QED) is 0.471. The number of fused-ring (bicyclic) bond motifs is 1. The van der Waals surface area contributed by atoms with Gasteiger partial charge in [-0.05, 0) is 47.9 Å². The van der Waals surface area contributed by atoms with Crippen LogP contribution >= 0.6 is 34.9 Å². The summed E-state index contributed by atoms with van der Waals surface area (Å²) in [6, 6.07) is 19.4. The number of carbonyl (C=O) groups is 1. The summed E-state index contributed by atoms with van der Waals surface area (Å²) < 4.78 is 1.13. The van der Waals surface area contributed by atoms with E-state index < -0.39 is 0 Å². The second-order valence-electron chi connectivity index (χ2n) is 5.42. The molecule has 0 aliphatic rings. The predicted octanol–water partition coefficient (Wildman–Crippen LogP) is 5.15. The van der Waals surface area contributed by atoms with Crippen molar-refractivity contribution in [2.24, 2.45) is 0 Å². The van der Waals surface area contributed by atoms with Crippen molar-refractivity contribution in [1.82, 2.24) is 10.3 Å². The second-order valence-corrected chi connectivity index (χ2v) is 7.80. The Balaban J connectivity index is 1.57. The highest BCUT2D eigenvalue weighted by Crippen LogP contribution is 2.34. The molecule has 128 valence electrons. The molecule has 0 atom stereocenters. The van der Waals surface area contributed by atoms with Crippen molar-refractivity contribution in [2.45, 2.75) is 0 Å². The Morgan fingerprint density at radius 3 is 2.62 bits per heavy atom. The molecule has 0 fully saturated rings. The molecule has 1 amide bonds. The maximum atomic E-state index is 12.1. The number of aromatic nitrogens is 1. The van der Waals surface area contributed by atoms with Gasteiger partial charge in [-0.1, -0.05) is 30.3 Å². The van der Waals surface area contributed by atoms with Gasteiger partial charge in [-0.2, -0.15) is 0 Å². The van der Waals surface area contributed by atoms with Crippen molar-refractivity contribution in [3.8, 4) is 10.6 Å². The smallest absolute Gasteiger partial charge is 0.267 e. The first-order chi connectivity index (χ1) is 12.7. The van der Waals surface area contributed by atoms with Gasteiger partial charge in [0.2, 0.25) is 0 Å². The average Bonchev–Trinajstić information content (AvgIpc) is 3.31. The lowest BCUT2D eigenvalue weighted by atomic mass is 10.2. The molecule has 26 heavy (non-hydrogen) atoms. The fraction of sp³-hybridized carbons (Fsp3) is 0. The number of hydrogen-bond donors (Lipinski definition) is 2. The third kappa shape index (κ3) is 3.50. The number of carbonyl (C=O) groups excluding carboxylic acids is 1. The molecule has 2 aromatic carbocycles. The zero-order valence-electron chi connectivity index (χ0n) is 13.4. The first kappa shape index (κ1) is 16.8. The number of rotatable bonds is 3. The van der Waals surface area contributed by atoms with Crippen LogP contribution in [0.1, 0.15) is 9.67 Å². The van der Waals surface area contributed by atoms with Gasteiger partial charge in [-0.3, -0.25) is 10.1 Å². The lowest BCUT2D eigenvalue weighted by molar-refractivity contribution is 0.0981. The van der Waals surface area contributed by atoms with Crippen LogP contribution in [0.15, 0.2) is 66.0 Å². The topological polar surface area (TPSA) is 54.0 Å². The zero-order valence-corrected chi connectivity index (χ0v) is 15.9. The van der Waals surface area contributed by atoms with E-state index in [0.29, 0.717) is 4.88 Å². The molecule has 2 N–H and O–H groups in total. The van der Waals surface area contributed by atoms with Crippen molar-refractivity contribution in [2.75, 3.05) is 5.32 Å². The van der Waals surface area contributed by atoms with Crippen LogP contribution in [0.25, 0.3) is 20.8 Å². The number of hydrogen-bond acceptors (Lipinski definition) is 5. The van der Waals surface area contributed by atoms with Gasteiger partial charge in [-0.25, -0.2) is 4.98 Å². The highest BCUT2D eigenvalue weighted by molar-refractivity contribution is 7.80. The molecular formula is C19H13N3OS3. The molecule has 0 bridgehead atoms. The standard InChI is InChI=1S/C19H13N3OS3/c23-17(16-10-5-11-25-16)22-19(24)21-13-7-2-1-6-12(13)18-20-14-8-3-4-9-15(14)26-18/h1-11H,(H2,21,22,23,24). The van der Waals surface area contributed by atoms with Gasteiger partial charge in [0, 0.05) is 5.56 Å². The van der Waals surface area contributed by atoms with E-state index in [1.54, 1.807) is 17.4 Å². The predicted molar refractivity (Wildman–Crippen MR) is 113 cm³/mol. The maximum absolute atomic E-state index is 12.1. The van der Waals surface area contributed by atoms with Crippen LogP contribution in [0.3, 0.4) is 0 Å². The summed E-state index contributed by atoms with van der Waals surface area (Å²) in [6.45, 7) is 0. The van der Waals surface area contributed by atoms with E-state index in [-0.39, 0.29) is 11.0 Å². The molecule has 7 heteroatoms. The third-order valence-corrected chi connectivity index (χ3v) is 5.81. The van der Waals surface area contributed by atoms with Crippen LogP contribution in [-0.4, -0.2) is 16.0 Å². The average molecular weight is 396 g/mol. The molecule has 4 aromatic rings. The number of para-hydroxylation sites is 2. The lowest BCUT2D eigenvalue weighted by Crippen LogP contribution is -2.33. The second kappa shape index (κ2) is 7.33. The van der Waals surface area contributed by atoms with Gasteiger partial charge in [-0.15, -0.1) is 22.7 Å². The van der Waals surface area contributed by atoms with Crippen LogP contribution in [-0.2, 0) is 0 Å². The molecule has 2 aromatic heterocycles. The molecule has 4 nitrogen and oxygen atoms in total. The monoisotopic (exact) mass is 395 g/mol. The number of amides is 1. The number of thiazole rings is 1. The van der Waals surface area contributed by atoms with Gasteiger partial charge in [0.05, 0.1) is 20.8 Å². The Labute approximate surface area is 163 Å². The molecule has 0 aliphatic carbocycles. The van der Waals surface area contributed by atoms with E-state index in [9.17, 15) is 4.79 Å². The number of anilines is 1. The summed E-state index contributed by atoms with van der Waals surface area (Å²) in [5, 5.41) is 8.85. The Morgan fingerprint density at radius 1 is 1.00 bits per heavy atom. The third-order valence-electron chi connectivity index (χ3n) is 3.67. The van der Waals surface area contributed by atoms with E-state index in [2.05, 4.69) is 16.7 Å². The van der Waals surface area contributed by atoms with Crippen molar-refractivity contribution in [3.63, 3.8) is 0 Å². The summed E-state index contributed by atoms with van der Waals surface area (Å²) in [5.41, 5.74) is 2.72. The number of benzene rings is 2. The summed E-state index contributed by atoms with van der Waals surface area (Å²) >= 11 is 8.30. The molecule has 0 saturated carbocycles. The molecule has 0 radical (unpaired) electrons. The molecule has 4 rings (SSSR count). The summed E-state index contributed by atoms with van der Waals surface area (Å²) in [4.78, 5) is 17.5. The van der Waals surface area contributed by atoms with Crippen LogP contribution < -0.4 is 10.6 Å². The van der Waals surface area contributed by atoms with Crippen LogP contribution in [0, 0.1) is 0 Å². The van der Waals surface area contributed by atoms with E-state index in [4.69, 9.17) is 17.2 Å². The van der Waals surface area contributed by atoms with Crippen molar-refractivity contribution >= 4 is 61.8 Å². The Morgan fingerprint density at radius 2 is 1.81 bits per heavy atom. The molecule has 0 saturated heterocycles. The molecule has 2 heterocycles. The number of thiocarbonyl (C=S) groups is 1. The van der Waals surface area contributed by atoms with Gasteiger partial charge >= 0.3 is 0 Å². The SMILES string of the molecule is O=C(NC(=S)Nc1ccccc1-c1nc2ccccc2s1)c1cccs1. The fourth-order valence-electron chi connectivity index (χ4n) is 2.49. The minimum Gasteiger partial charge on any atom is -0.332 e. The van der Waals surface area contributed by atoms with Crippen LogP contribution in [0.4, 0.5) is 5.69 Å². The van der Waals surface area contributed by atoms with Crippen LogP contribution in [0.2, 0.25) is 0 Å². The Bertz CT molecular complexity index is 1050. The minimum absolute atomic E-state index is 0.213. The van der Waals surface area contributed by atoms with E-state index in [0.717, 1.165) is 26.5 Å². The first-order valence-corrected chi connectivity index (χ1v) is 9.92. The largest absolute Gasteiger partial charge is 0.332 e. The molecular weight excluding hydrogens is 382 g/mol. The highest BCUT2D eigenvalue weighted by atomic mass is 32.1. The minimum atomic E-state index is -0.213. The van der Waals surface area contributed by atoms with Gasteiger partial charge in [0.1, 0.15) is 5.01 Å². The zero-order chi connectivity index (χ0) is 17.9. The van der Waals surface area contributed by atoms with Gasteiger partial charge in [0.25, 0.3) is 5.91 Å². The molecule has 0 aliphatic heterocycles. The van der Waals surface area contributed by atoms with Gasteiger partial charge in [0.15, 0.2) is 5.11 Å². The molecule has 0 spiro atoms. The van der Waals surface area contributed by atoms with E-state index in [1.165, 1.54) is 11.3 Å². The summed E-state index contributed by atoms with van der Waals surface area (Å²) in [5.74, 6) is -0.213. The fourth-order valence-corrected chi connectivity index (χ4v) is 4.32. The van der Waals surface area contributed by atoms with Gasteiger partial charge < -0.3 is 5.32 Å². The van der Waals surface area contributed by atoms with E-state index >= 15 is 0 Å². The van der Waals surface area contributed by atoms with E-state index in [1.807, 2.05) is 53.9 Å². The molecule has 0 unspecified atom stereocenters. The lowest BCUT2D eigenvalue weighted by Gasteiger charge is -2.11. The van der Waals surface area contributed by atoms with Crippen molar-refractivity contribution in [3.05, 3.63) is 70.9 Å². The summed E-state index contributed by atoms with van der Waals surface area (Å²) in [7, 11) is 0. The highest BCUT2D eigenvalue weighted by Gasteiger charge is 2.13. The summed E-state index contributed by atoms with van der Waals surface area (Å²) in [6.07, 6.45) is 0. The Hall–Kier alpha value is -2.61. The van der Waals surface area contributed by atoms with Crippen molar-refractivity contribution < 1.29 is 4.79 Å². The Kier molecular flexibility index (Phi) is 4.75. The number of nitrogens with zero attached hydrogens (tertiary/aromatic N) is 1. The number of nitrogens with one attached hydrogen (secondary N) is 2. The first-order valence-electron chi connectivity index (χ1n) is 7.81. The maximum Gasteiger partial charge on any atom is 0.267 e. The van der Waals surface area contributed by atoms with Crippen LogP contribution in [0.5, 0.6) is 0 Å².